The number of rotatable bonds is 7. The Balaban J connectivity index is 1.51. The Bertz CT molecular complexity index is 866. The lowest BCUT2D eigenvalue weighted by molar-refractivity contribution is 0.0947. The first-order valence-electron chi connectivity index (χ1n) is 8.24. The van der Waals surface area contributed by atoms with Crippen molar-refractivity contribution in [1.82, 2.24) is 25.3 Å². The van der Waals surface area contributed by atoms with Crippen molar-refractivity contribution in [2.24, 2.45) is 0 Å². The van der Waals surface area contributed by atoms with Crippen LogP contribution < -0.4 is 10.1 Å². The Kier molecular flexibility index (Phi) is 5.72. The van der Waals surface area contributed by atoms with Crippen LogP contribution in [0.5, 0.6) is 5.75 Å². The molecule has 0 radical (unpaired) electrons. The number of aromatic nitrogens is 4. The van der Waals surface area contributed by atoms with Crippen LogP contribution in [0.2, 0.25) is 0 Å². The van der Waals surface area contributed by atoms with Crippen LogP contribution in [-0.2, 0) is 6.54 Å². The summed E-state index contributed by atoms with van der Waals surface area (Å²) in [5, 5.41) is 14.2. The number of aryl methyl sites for hydroxylation is 2. The maximum absolute atomic E-state index is 12.2. The molecule has 0 saturated heterocycles. The molecule has 0 aliphatic carbocycles. The number of methoxy groups -OCH3 is 1. The van der Waals surface area contributed by atoms with Crippen LogP contribution in [-0.4, -0.2) is 39.5 Å². The van der Waals surface area contributed by atoms with Crippen LogP contribution >= 0.6 is 15.9 Å². The second-order valence-corrected chi connectivity index (χ2v) is 6.68. The summed E-state index contributed by atoms with van der Waals surface area (Å²) < 4.78 is 8.00. The van der Waals surface area contributed by atoms with Crippen molar-refractivity contribution in [3.8, 4) is 17.0 Å². The van der Waals surface area contributed by atoms with E-state index in [1.807, 2.05) is 42.1 Å². The van der Waals surface area contributed by atoms with Crippen LogP contribution in [0.25, 0.3) is 11.3 Å². The van der Waals surface area contributed by atoms with Gasteiger partial charge in [-0.15, -0.1) is 0 Å². The van der Waals surface area contributed by atoms with E-state index in [-0.39, 0.29) is 5.91 Å². The molecule has 26 heavy (non-hydrogen) atoms. The Labute approximate surface area is 159 Å². The lowest BCUT2D eigenvalue weighted by atomic mass is 10.1. The molecule has 1 aromatic carbocycles. The van der Waals surface area contributed by atoms with Gasteiger partial charge < -0.3 is 10.1 Å². The topological polar surface area (TPSA) is 84.8 Å². The lowest BCUT2D eigenvalue weighted by Crippen LogP contribution is -2.25. The molecule has 0 spiro atoms. The second kappa shape index (κ2) is 8.18. The zero-order valence-corrected chi connectivity index (χ0v) is 16.2. The van der Waals surface area contributed by atoms with Crippen molar-refractivity contribution < 1.29 is 9.53 Å². The first kappa shape index (κ1) is 18.2. The number of amides is 1. The molecule has 0 fully saturated rings. The molecule has 136 valence electrons. The molecule has 1 amide bonds. The quantitative estimate of drug-likeness (QED) is 0.578. The zero-order chi connectivity index (χ0) is 18.5. The molecule has 2 N–H and O–H groups in total. The summed E-state index contributed by atoms with van der Waals surface area (Å²) >= 11 is 3.44. The summed E-state index contributed by atoms with van der Waals surface area (Å²) in [7, 11) is 1.62. The van der Waals surface area contributed by atoms with E-state index >= 15 is 0 Å². The van der Waals surface area contributed by atoms with Gasteiger partial charge in [-0.2, -0.15) is 10.2 Å². The van der Waals surface area contributed by atoms with Crippen LogP contribution in [0.4, 0.5) is 0 Å². The first-order valence-corrected chi connectivity index (χ1v) is 9.03. The number of nitrogens with zero attached hydrogens (tertiary/aromatic N) is 3. The van der Waals surface area contributed by atoms with Gasteiger partial charge in [0.15, 0.2) is 0 Å². The van der Waals surface area contributed by atoms with Gasteiger partial charge in [0, 0.05) is 24.8 Å². The van der Waals surface area contributed by atoms with E-state index in [0.717, 1.165) is 40.1 Å². The number of halogens is 1. The molecule has 0 bridgehead atoms. The van der Waals surface area contributed by atoms with Gasteiger partial charge >= 0.3 is 0 Å². The summed E-state index contributed by atoms with van der Waals surface area (Å²) in [4.78, 5) is 12.2. The lowest BCUT2D eigenvalue weighted by Gasteiger charge is -2.04. The molecule has 3 aromatic rings. The van der Waals surface area contributed by atoms with Gasteiger partial charge in [-0.3, -0.25) is 14.6 Å². The van der Waals surface area contributed by atoms with E-state index in [2.05, 4.69) is 36.5 Å². The highest BCUT2D eigenvalue weighted by molar-refractivity contribution is 9.10. The SMILES string of the molecule is COc1ccc(-c2cc(C(=O)NCCCn3cc(Br)c(C)n3)[nH]n2)cc1. The Morgan fingerprint density at radius 1 is 1.35 bits per heavy atom. The average Bonchev–Trinajstić information content (AvgIpc) is 3.26. The zero-order valence-electron chi connectivity index (χ0n) is 14.6. The number of nitrogens with one attached hydrogen (secondary N) is 2. The molecule has 0 aliphatic heterocycles. The normalized spacial score (nSPS) is 10.7. The molecule has 0 atom stereocenters. The minimum absolute atomic E-state index is 0.171. The van der Waals surface area contributed by atoms with Crippen LogP contribution in [0.3, 0.4) is 0 Å². The predicted octanol–water partition coefficient (Wildman–Crippen LogP) is 3.17. The van der Waals surface area contributed by atoms with Gasteiger partial charge in [0.25, 0.3) is 5.91 Å². The van der Waals surface area contributed by atoms with E-state index in [9.17, 15) is 4.79 Å². The Morgan fingerprint density at radius 2 is 2.12 bits per heavy atom. The number of aromatic amines is 1. The number of H-pyrrole nitrogens is 1. The third-order valence-electron chi connectivity index (χ3n) is 3.94. The number of benzene rings is 1. The van der Waals surface area contributed by atoms with Gasteiger partial charge in [-0.25, -0.2) is 0 Å². The number of hydrogen-bond donors (Lipinski definition) is 2. The standard InChI is InChI=1S/C18H20BrN5O2/c1-12-15(19)11-24(23-12)9-3-8-20-18(25)17-10-16(21-22-17)13-4-6-14(26-2)7-5-13/h4-7,10-11H,3,8-9H2,1-2H3,(H,20,25)(H,21,22). The van der Waals surface area contributed by atoms with Gasteiger partial charge in [-0.05, 0) is 59.6 Å². The van der Waals surface area contributed by atoms with Crippen molar-refractivity contribution in [3.05, 3.63) is 52.4 Å². The number of carbonyl (C=O) groups is 1. The number of ether oxygens (including phenoxy) is 1. The largest absolute Gasteiger partial charge is 0.497 e. The van der Waals surface area contributed by atoms with Gasteiger partial charge in [-0.1, -0.05) is 0 Å². The molecule has 2 aromatic heterocycles. The van der Waals surface area contributed by atoms with E-state index in [4.69, 9.17) is 4.74 Å². The summed E-state index contributed by atoms with van der Waals surface area (Å²) in [6.07, 6.45) is 2.73. The predicted molar refractivity (Wildman–Crippen MR) is 102 cm³/mol. The third kappa shape index (κ3) is 4.32. The highest BCUT2D eigenvalue weighted by Gasteiger charge is 2.11. The van der Waals surface area contributed by atoms with Gasteiger partial charge in [0.1, 0.15) is 11.4 Å². The average molecular weight is 418 g/mol. The van der Waals surface area contributed by atoms with Crippen molar-refractivity contribution in [1.29, 1.82) is 0 Å². The second-order valence-electron chi connectivity index (χ2n) is 5.83. The van der Waals surface area contributed by atoms with Crippen LogP contribution in [0, 0.1) is 6.92 Å². The Morgan fingerprint density at radius 3 is 2.77 bits per heavy atom. The van der Waals surface area contributed by atoms with Crippen molar-refractivity contribution in [2.75, 3.05) is 13.7 Å². The van der Waals surface area contributed by atoms with Crippen LogP contribution in [0.15, 0.2) is 41.0 Å². The highest BCUT2D eigenvalue weighted by atomic mass is 79.9. The molecule has 0 saturated carbocycles. The van der Waals surface area contributed by atoms with E-state index in [0.29, 0.717) is 12.2 Å². The molecule has 0 unspecified atom stereocenters. The van der Waals surface area contributed by atoms with Crippen LogP contribution in [0.1, 0.15) is 22.6 Å². The summed E-state index contributed by atoms with van der Waals surface area (Å²) in [5.74, 6) is 0.608. The smallest absolute Gasteiger partial charge is 0.269 e. The van der Waals surface area contributed by atoms with Crippen molar-refractivity contribution in [3.63, 3.8) is 0 Å². The molecule has 3 rings (SSSR count). The third-order valence-corrected chi connectivity index (χ3v) is 4.72. The van der Waals surface area contributed by atoms with E-state index in [1.165, 1.54) is 0 Å². The van der Waals surface area contributed by atoms with E-state index in [1.54, 1.807) is 13.2 Å². The first-order chi connectivity index (χ1) is 12.6. The fourth-order valence-electron chi connectivity index (χ4n) is 2.49. The summed E-state index contributed by atoms with van der Waals surface area (Å²) in [5.41, 5.74) is 3.03. The minimum Gasteiger partial charge on any atom is -0.497 e. The van der Waals surface area contributed by atoms with Crippen molar-refractivity contribution in [2.45, 2.75) is 19.9 Å². The number of hydrogen-bond acceptors (Lipinski definition) is 4. The molecule has 2 heterocycles. The maximum Gasteiger partial charge on any atom is 0.269 e. The molecule has 0 aliphatic rings. The minimum atomic E-state index is -0.171. The molecular formula is C18H20BrN5O2. The molecule has 8 heteroatoms. The van der Waals surface area contributed by atoms with Gasteiger partial charge in [0.05, 0.1) is 23.0 Å². The summed E-state index contributed by atoms with van der Waals surface area (Å²) in [6.45, 7) is 3.25. The number of carbonyl (C=O) groups excluding carboxylic acids is 1. The van der Waals surface area contributed by atoms with Gasteiger partial charge in [0.2, 0.25) is 0 Å². The monoisotopic (exact) mass is 417 g/mol. The fourth-order valence-corrected chi connectivity index (χ4v) is 2.81. The summed E-state index contributed by atoms with van der Waals surface area (Å²) in [6, 6.07) is 9.27. The Hall–Kier alpha value is -2.61. The molecular weight excluding hydrogens is 398 g/mol. The highest BCUT2D eigenvalue weighted by Crippen LogP contribution is 2.21. The maximum atomic E-state index is 12.2. The fraction of sp³-hybridized carbons (Fsp3) is 0.278. The van der Waals surface area contributed by atoms with E-state index < -0.39 is 0 Å². The van der Waals surface area contributed by atoms with Crippen molar-refractivity contribution >= 4 is 21.8 Å². The molecule has 7 nitrogen and oxygen atoms in total.